The van der Waals surface area contributed by atoms with Crippen LogP contribution in [0, 0.1) is 59.3 Å². The third-order valence-electron chi connectivity index (χ3n) is 13.4. The average Bonchev–Trinajstić information content (AvgIpc) is 0.916. The first kappa shape index (κ1) is 90.2. The number of Topliss-reactive ketones (excluding diaryl/α,β-unsaturated/α-hetero) is 1. The molecule has 0 aliphatic rings. The fourth-order valence-corrected chi connectivity index (χ4v) is 16.4. The number of amides is 1. The van der Waals surface area contributed by atoms with E-state index in [1.54, 1.807) is 55.6 Å². The number of hydrogen-bond acceptors (Lipinski definition) is 20. The lowest BCUT2D eigenvalue weighted by atomic mass is 10.2. The smallest absolute Gasteiger partial charge is 0.255 e. The van der Waals surface area contributed by atoms with Gasteiger partial charge in [-0.2, -0.15) is 0 Å². The molecule has 0 aromatic heterocycles. The zero-order chi connectivity index (χ0) is 79.9. The number of thioether (sulfide) groups is 4. The van der Waals surface area contributed by atoms with Crippen LogP contribution < -0.4 is 49.9 Å². The van der Waals surface area contributed by atoms with Gasteiger partial charge >= 0.3 is 0 Å². The minimum atomic E-state index is -3.79. The Hall–Kier alpha value is -8.41. The molecule has 1 amide bonds. The molecule has 0 aliphatic carbocycles. The molecule has 8 aromatic rings. The largest absolute Gasteiger partial charge is 0.481 e. The van der Waals surface area contributed by atoms with Crippen molar-refractivity contribution in [2.24, 2.45) is 11.5 Å². The molecule has 0 saturated heterocycles. The lowest BCUT2D eigenvalue weighted by Crippen LogP contribution is -2.29. The Labute approximate surface area is 637 Å². The van der Waals surface area contributed by atoms with Gasteiger partial charge in [-0.3, -0.25) is 9.59 Å². The van der Waals surface area contributed by atoms with Gasteiger partial charge in [-0.15, -0.1) is 47.0 Å². The SMILES string of the molecule is C=C(COc1c(F)cc(SCCNS(=O)(=O)c2ccccc2)cc1F)NC.C=C(N)COc1c(F)cc(SCCNS(=O)(=O)c2ccc(F)cc2)cc1F.CC(=O)COc1c(F)cc(SCCN(C)S(=O)(=O)c2ccccc2)cc1F.Cc1ccc(S(=O)(=O)NCCSc2cc(F)c(OCC(N)=O)c(F)c2)cc1. The molecule has 0 aliphatic heterocycles. The molecule has 0 spiro atoms. The Morgan fingerprint density at radius 3 is 1.07 bits per heavy atom. The van der Waals surface area contributed by atoms with Gasteiger partial charge in [0, 0.05) is 94.3 Å². The summed E-state index contributed by atoms with van der Waals surface area (Å²) in [5.41, 5.74) is 11.7. The topological polar surface area (TPSA) is 311 Å². The van der Waals surface area contributed by atoms with Crippen LogP contribution in [0.15, 0.2) is 221 Å². The minimum Gasteiger partial charge on any atom is -0.481 e. The van der Waals surface area contributed by atoms with E-state index < -0.39 is 135 Å². The molecule has 0 bridgehead atoms. The molecule has 108 heavy (non-hydrogen) atoms. The second-order valence-corrected chi connectivity index (χ2v) is 34.0. The van der Waals surface area contributed by atoms with Crippen molar-refractivity contribution < 1.29 is 102 Å². The molecule has 8 aromatic carbocycles. The lowest BCUT2D eigenvalue weighted by Gasteiger charge is -2.17. The van der Waals surface area contributed by atoms with Crippen molar-refractivity contribution >= 4 is 98.8 Å². The van der Waals surface area contributed by atoms with E-state index in [1.807, 2.05) is 6.92 Å². The zero-order valence-corrected chi connectivity index (χ0v) is 64.4. The van der Waals surface area contributed by atoms with Gasteiger partial charge in [0.05, 0.1) is 19.6 Å². The summed E-state index contributed by atoms with van der Waals surface area (Å²) in [6.45, 7) is 9.12. The van der Waals surface area contributed by atoms with Crippen molar-refractivity contribution in [3.8, 4) is 23.0 Å². The van der Waals surface area contributed by atoms with E-state index in [9.17, 15) is 82.8 Å². The molecule has 8 rings (SSSR count). The average molecular weight is 1660 g/mol. The Kier molecular flexibility index (Phi) is 36.5. The number of primary amides is 1. The van der Waals surface area contributed by atoms with Gasteiger partial charge in [0.15, 0.2) is 81.9 Å². The second kappa shape index (κ2) is 43.7. The predicted octanol–water partition coefficient (Wildman–Crippen LogP) is 11.7. The summed E-state index contributed by atoms with van der Waals surface area (Å²) in [4.78, 5) is 23.1. The van der Waals surface area contributed by atoms with Gasteiger partial charge in [0.2, 0.25) is 40.1 Å². The standard InChI is InChI=1S/C18H20F2N2O3S2.C18H19F2NO4S2.C17H17F3N2O3S2.C17H18F2N2O4S2/c1-13(21-2)12-25-18-16(19)10-14(11-17(18)20)26-9-8-22-27(23,24)15-6-4-3-5-7-15;1-13(22)12-25-18-16(19)10-14(11-17(18)20)26-9-8-21(2)27(23,24)15-6-4-3-5-7-15;1-11(21)10-25-17-15(19)8-13(9-16(17)20)26-7-6-22-27(23,24)14-4-2-12(18)3-5-14;1-11-2-4-13(5-3-11)27(23,24)21-6-7-26-12-8-14(18)17(15(19)9-12)25-10-16(20)22/h3-7,10-11,21-22H,1,8-9,12H2,2H3;3-7,10-11H,8-9,12H2,1-2H3;2-5,8-9,22H,1,6-7,10,21H2;2-5,8-9,21H,6-7,10H2,1H3,(H2,20,22). The van der Waals surface area contributed by atoms with Crippen LogP contribution in [0.5, 0.6) is 23.0 Å². The van der Waals surface area contributed by atoms with Crippen LogP contribution in [-0.4, -0.2) is 139 Å². The van der Waals surface area contributed by atoms with Crippen molar-refractivity contribution in [2.75, 3.05) is 89.7 Å². The fraction of sp³-hybridized carbons (Fsp3) is 0.229. The van der Waals surface area contributed by atoms with E-state index in [1.165, 1.54) is 54.7 Å². The van der Waals surface area contributed by atoms with E-state index >= 15 is 0 Å². The highest BCUT2D eigenvalue weighted by Crippen LogP contribution is 2.33. The van der Waals surface area contributed by atoms with Crippen LogP contribution in [0.25, 0.3) is 0 Å². The van der Waals surface area contributed by atoms with Gasteiger partial charge in [-0.1, -0.05) is 67.3 Å². The molecular formula is C70H74F9N7O14S8. The summed E-state index contributed by atoms with van der Waals surface area (Å²) >= 11 is 4.36. The van der Waals surface area contributed by atoms with Crippen LogP contribution in [-0.2, 0) is 49.7 Å². The second-order valence-electron chi connectivity index (χ2n) is 22.0. The van der Waals surface area contributed by atoms with Crippen molar-refractivity contribution in [1.29, 1.82) is 0 Å². The third kappa shape index (κ3) is 30.2. The maximum absolute atomic E-state index is 14.0. The van der Waals surface area contributed by atoms with Crippen molar-refractivity contribution in [3.05, 3.63) is 240 Å². The van der Waals surface area contributed by atoms with Crippen LogP contribution in [0.2, 0.25) is 0 Å². The monoisotopic (exact) mass is 1660 g/mol. The molecule has 21 nitrogen and oxygen atoms in total. The maximum atomic E-state index is 14.0. The number of aryl methyl sites for hydroxylation is 1. The highest BCUT2D eigenvalue weighted by Gasteiger charge is 2.23. The first-order valence-electron chi connectivity index (χ1n) is 31.4. The molecule has 0 unspecified atom stereocenters. The van der Waals surface area contributed by atoms with Crippen LogP contribution in [0.4, 0.5) is 39.5 Å². The Balaban J connectivity index is 0.000000258. The van der Waals surface area contributed by atoms with Crippen molar-refractivity contribution in [1.82, 2.24) is 23.8 Å². The highest BCUT2D eigenvalue weighted by atomic mass is 32.2. The normalized spacial score (nSPS) is 11.4. The summed E-state index contributed by atoms with van der Waals surface area (Å²) < 4.78 is 250. The zero-order valence-electron chi connectivity index (χ0n) is 57.9. The number of halogens is 9. The highest BCUT2D eigenvalue weighted by molar-refractivity contribution is 8.00. The number of nitrogens with zero attached hydrogens (tertiary/aromatic N) is 1. The quantitative estimate of drug-likeness (QED) is 0.0120. The molecule has 0 radical (unpaired) electrons. The lowest BCUT2D eigenvalue weighted by molar-refractivity contribution is -0.120. The summed E-state index contributed by atoms with van der Waals surface area (Å²) in [6, 6.07) is 35.4. The molecule has 0 fully saturated rings. The number of sulfonamides is 4. The maximum Gasteiger partial charge on any atom is 0.255 e. The number of likely N-dealkylation sites (N-methyl/N-ethyl adjacent to an activating group) is 1. The summed E-state index contributed by atoms with van der Waals surface area (Å²) in [5, 5.41) is 2.72. The Morgan fingerprint density at radius 1 is 0.435 bits per heavy atom. The number of nitrogens with one attached hydrogen (secondary N) is 4. The van der Waals surface area contributed by atoms with Gasteiger partial charge in [-0.25, -0.2) is 91.7 Å². The van der Waals surface area contributed by atoms with E-state index in [0.29, 0.717) is 27.0 Å². The first-order chi connectivity index (χ1) is 50.9. The third-order valence-corrected chi connectivity index (χ3v) is 23.6. The molecule has 0 atom stereocenters. The molecule has 0 heterocycles. The van der Waals surface area contributed by atoms with Crippen molar-refractivity contribution in [2.45, 2.75) is 53.0 Å². The van der Waals surface area contributed by atoms with Gasteiger partial charge < -0.3 is 35.7 Å². The number of rotatable bonds is 37. The summed E-state index contributed by atoms with van der Waals surface area (Å²) in [5.74, 6) is -10.2. The molecular weight excluding hydrogens is 1590 g/mol. The number of hydrogen-bond donors (Lipinski definition) is 6. The Bertz CT molecular complexity index is 4600. The fourth-order valence-electron chi connectivity index (χ4n) is 8.15. The predicted molar refractivity (Wildman–Crippen MR) is 398 cm³/mol. The number of nitrogens with two attached hydrogens (primary N) is 2. The number of benzene rings is 8. The van der Waals surface area contributed by atoms with Gasteiger partial charge in [0.1, 0.15) is 25.6 Å². The Morgan fingerprint density at radius 2 is 0.741 bits per heavy atom. The van der Waals surface area contributed by atoms with E-state index in [4.69, 9.17) is 25.7 Å². The van der Waals surface area contributed by atoms with Gasteiger partial charge in [-0.05, 0) is 123 Å². The van der Waals surface area contributed by atoms with Gasteiger partial charge in [0.25, 0.3) is 5.91 Å². The number of carbonyl (C=O) groups excluding carboxylic acids is 2. The molecule has 38 heteroatoms. The van der Waals surface area contributed by atoms with Crippen LogP contribution in [0.3, 0.4) is 0 Å². The van der Waals surface area contributed by atoms with Crippen molar-refractivity contribution in [3.63, 3.8) is 0 Å². The summed E-state index contributed by atoms with van der Waals surface area (Å²) in [6.07, 6.45) is 0. The number of carbonyl (C=O) groups is 2. The van der Waals surface area contributed by atoms with E-state index in [0.717, 1.165) is 125 Å². The van der Waals surface area contributed by atoms with E-state index in [2.05, 4.69) is 37.4 Å². The number of ketones is 1. The minimum absolute atomic E-state index is 0.0128. The van der Waals surface area contributed by atoms with Crippen LogP contribution in [0.1, 0.15) is 12.5 Å². The molecule has 0 saturated carbocycles. The molecule has 584 valence electrons. The first-order valence-corrected chi connectivity index (χ1v) is 41.2. The summed E-state index contributed by atoms with van der Waals surface area (Å²) in [7, 11) is -11.6. The number of ether oxygens (including phenoxy) is 4. The van der Waals surface area contributed by atoms with Crippen LogP contribution >= 0.6 is 47.0 Å². The molecule has 8 N–H and O–H groups in total. The van der Waals surface area contributed by atoms with E-state index in [-0.39, 0.29) is 91.8 Å².